The molecule has 1 amide bonds. The average molecular weight is 233 g/mol. The van der Waals surface area contributed by atoms with E-state index in [1.165, 1.54) is 0 Å². The second-order valence-corrected chi connectivity index (χ2v) is 3.98. The number of amides is 1. The van der Waals surface area contributed by atoms with Gasteiger partial charge in [0.15, 0.2) is 0 Å². The Hall–Kier alpha value is -1.92. The number of aromatic nitrogens is 2. The van der Waals surface area contributed by atoms with E-state index < -0.39 is 0 Å². The number of nitrogens with two attached hydrogens (primary N) is 2. The Labute approximate surface area is 98.4 Å². The van der Waals surface area contributed by atoms with Crippen molar-refractivity contribution in [1.82, 2.24) is 15.4 Å². The number of aromatic amines is 1. The maximum absolute atomic E-state index is 11.1. The van der Waals surface area contributed by atoms with Crippen LogP contribution in [0.3, 0.4) is 0 Å². The van der Waals surface area contributed by atoms with Crippen molar-refractivity contribution in [2.24, 2.45) is 11.6 Å². The standard InChI is InChI=1S/C11H15N5O/c1-6-14-9-3-2-7(4-10(9)15-6)8(12)5-11(17)16-13/h2-4,8H,5,12-13H2,1H3,(H,14,15)(H,16,17). The number of carbonyl (C=O) groups is 1. The fourth-order valence-electron chi connectivity index (χ4n) is 1.76. The SMILES string of the molecule is Cc1nc2ccc(C(N)CC(=O)NN)cc2[nH]1. The Bertz CT molecular complexity index is 548. The number of imidazole rings is 1. The third kappa shape index (κ3) is 2.43. The van der Waals surface area contributed by atoms with Crippen molar-refractivity contribution in [3.8, 4) is 0 Å². The van der Waals surface area contributed by atoms with Crippen LogP contribution >= 0.6 is 0 Å². The summed E-state index contributed by atoms with van der Waals surface area (Å²) < 4.78 is 0. The number of nitrogens with zero attached hydrogens (tertiary/aromatic N) is 1. The largest absolute Gasteiger partial charge is 0.342 e. The molecule has 0 aliphatic rings. The molecule has 6 heteroatoms. The molecule has 6 N–H and O–H groups in total. The molecule has 6 nitrogen and oxygen atoms in total. The van der Waals surface area contributed by atoms with Crippen molar-refractivity contribution in [2.45, 2.75) is 19.4 Å². The zero-order valence-electron chi connectivity index (χ0n) is 9.53. The molecule has 1 heterocycles. The van der Waals surface area contributed by atoms with Gasteiger partial charge in [-0.3, -0.25) is 10.2 Å². The van der Waals surface area contributed by atoms with E-state index in [9.17, 15) is 4.79 Å². The first-order valence-electron chi connectivity index (χ1n) is 5.31. The van der Waals surface area contributed by atoms with Crippen molar-refractivity contribution in [3.63, 3.8) is 0 Å². The first-order chi connectivity index (χ1) is 8.10. The molecule has 90 valence electrons. The van der Waals surface area contributed by atoms with Crippen molar-refractivity contribution in [1.29, 1.82) is 0 Å². The Balaban J connectivity index is 2.26. The van der Waals surface area contributed by atoms with Gasteiger partial charge in [0.1, 0.15) is 5.82 Å². The summed E-state index contributed by atoms with van der Waals surface area (Å²) in [6.45, 7) is 1.89. The lowest BCUT2D eigenvalue weighted by Gasteiger charge is -2.10. The number of hydrazine groups is 1. The van der Waals surface area contributed by atoms with Gasteiger partial charge in [-0.1, -0.05) is 6.07 Å². The van der Waals surface area contributed by atoms with Crippen molar-refractivity contribution < 1.29 is 4.79 Å². The van der Waals surface area contributed by atoms with Crippen LogP contribution in [0.2, 0.25) is 0 Å². The molecule has 0 aliphatic heterocycles. The van der Waals surface area contributed by atoms with Crippen LogP contribution in [0.15, 0.2) is 18.2 Å². The molecule has 1 unspecified atom stereocenters. The lowest BCUT2D eigenvalue weighted by molar-refractivity contribution is -0.121. The van der Waals surface area contributed by atoms with E-state index in [-0.39, 0.29) is 18.4 Å². The molecule has 0 saturated carbocycles. The van der Waals surface area contributed by atoms with E-state index in [1.807, 2.05) is 25.1 Å². The predicted octanol–water partition coefficient (Wildman–Crippen LogP) is 0.251. The van der Waals surface area contributed by atoms with Crippen LogP contribution in [0.1, 0.15) is 23.9 Å². The molecule has 0 bridgehead atoms. The van der Waals surface area contributed by atoms with Crippen LogP contribution < -0.4 is 17.0 Å². The summed E-state index contributed by atoms with van der Waals surface area (Å²) in [5.41, 5.74) is 10.7. The van der Waals surface area contributed by atoms with E-state index in [2.05, 4.69) is 15.4 Å². The molecule has 2 rings (SSSR count). The summed E-state index contributed by atoms with van der Waals surface area (Å²) in [5.74, 6) is 5.59. The van der Waals surface area contributed by atoms with Gasteiger partial charge in [-0.15, -0.1) is 0 Å². The molecular weight excluding hydrogens is 218 g/mol. The van der Waals surface area contributed by atoms with E-state index in [0.29, 0.717) is 0 Å². The summed E-state index contributed by atoms with van der Waals surface area (Å²) in [6.07, 6.45) is 0.162. The Morgan fingerprint density at radius 2 is 2.35 bits per heavy atom. The van der Waals surface area contributed by atoms with Gasteiger partial charge in [0.25, 0.3) is 0 Å². The predicted molar refractivity (Wildman–Crippen MR) is 64.7 cm³/mol. The van der Waals surface area contributed by atoms with E-state index in [4.69, 9.17) is 11.6 Å². The number of hydrogen-bond donors (Lipinski definition) is 4. The first-order valence-corrected chi connectivity index (χ1v) is 5.31. The summed E-state index contributed by atoms with van der Waals surface area (Å²) in [4.78, 5) is 18.6. The molecule has 0 aliphatic carbocycles. The highest BCUT2D eigenvalue weighted by Gasteiger charge is 2.11. The normalized spacial score (nSPS) is 12.6. The second-order valence-electron chi connectivity index (χ2n) is 3.98. The summed E-state index contributed by atoms with van der Waals surface area (Å²) in [6, 6.07) is 5.29. The molecule has 0 fully saturated rings. The zero-order valence-corrected chi connectivity index (χ0v) is 9.53. The smallest absolute Gasteiger partial charge is 0.235 e. The van der Waals surface area contributed by atoms with Crippen LogP contribution in [-0.2, 0) is 4.79 Å². The van der Waals surface area contributed by atoms with Crippen LogP contribution in [-0.4, -0.2) is 15.9 Å². The molecule has 2 aromatic rings. The number of aryl methyl sites for hydroxylation is 1. The van der Waals surface area contributed by atoms with Crippen LogP contribution in [0.25, 0.3) is 11.0 Å². The number of nitrogens with one attached hydrogen (secondary N) is 2. The van der Waals surface area contributed by atoms with Gasteiger partial charge in [-0.25, -0.2) is 10.8 Å². The van der Waals surface area contributed by atoms with Gasteiger partial charge in [-0.2, -0.15) is 0 Å². The first kappa shape index (κ1) is 11.6. The molecule has 0 spiro atoms. The maximum atomic E-state index is 11.1. The Morgan fingerprint density at radius 3 is 3.06 bits per heavy atom. The van der Waals surface area contributed by atoms with Crippen LogP contribution in [0.4, 0.5) is 0 Å². The van der Waals surface area contributed by atoms with Crippen molar-refractivity contribution in [3.05, 3.63) is 29.6 Å². The number of carbonyl (C=O) groups excluding carboxylic acids is 1. The fourth-order valence-corrected chi connectivity index (χ4v) is 1.76. The number of H-pyrrole nitrogens is 1. The quantitative estimate of drug-likeness (QED) is 0.346. The number of rotatable bonds is 3. The summed E-state index contributed by atoms with van der Waals surface area (Å²) in [7, 11) is 0. The monoisotopic (exact) mass is 233 g/mol. The lowest BCUT2D eigenvalue weighted by Crippen LogP contribution is -2.32. The molecule has 1 atom stereocenters. The minimum absolute atomic E-state index is 0.162. The van der Waals surface area contributed by atoms with Crippen molar-refractivity contribution in [2.75, 3.05) is 0 Å². The molecule has 1 aromatic heterocycles. The fraction of sp³-hybridized carbons (Fsp3) is 0.273. The number of hydrogen-bond acceptors (Lipinski definition) is 4. The molecule has 1 aromatic carbocycles. The number of benzene rings is 1. The maximum Gasteiger partial charge on any atom is 0.235 e. The average Bonchev–Trinajstić information content (AvgIpc) is 2.67. The van der Waals surface area contributed by atoms with Crippen LogP contribution in [0, 0.1) is 6.92 Å². The summed E-state index contributed by atoms with van der Waals surface area (Å²) in [5, 5.41) is 0. The highest BCUT2D eigenvalue weighted by Crippen LogP contribution is 2.19. The minimum atomic E-state index is -0.369. The highest BCUT2D eigenvalue weighted by molar-refractivity contribution is 5.78. The molecule has 0 radical (unpaired) electrons. The van der Waals surface area contributed by atoms with Gasteiger partial charge in [0, 0.05) is 12.5 Å². The number of fused-ring (bicyclic) bond motifs is 1. The van der Waals surface area contributed by atoms with E-state index in [1.54, 1.807) is 0 Å². The minimum Gasteiger partial charge on any atom is -0.342 e. The third-order valence-corrected chi connectivity index (χ3v) is 2.62. The van der Waals surface area contributed by atoms with Crippen molar-refractivity contribution >= 4 is 16.9 Å². The summed E-state index contributed by atoms with van der Waals surface area (Å²) >= 11 is 0. The van der Waals surface area contributed by atoms with Gasteiger partial charge < -0.3 is 10.7 Å². The van der Waals surface area contributed by atoms with Crippen LogP contribution in [0.5, 0.6) is 0 Å². The highest BCUT2D eigenvalue weighted by atomic mass is 16.2. The Morgan fingerprint density at radius 1 is 1.59 bits per heavy atom. The Kier molecular flexibility index (Phi) is 3.08. The van der Waals surface area contributed by atoms with Gasteiger partial charge in [0.2, 0.25) is 5.91 Å². The lowest BCUT2D eigenvalue weighted by atomic mass is 10.0. The van der Waals surface area contributed by atoms with E-state index in [0.717, 1.165) is 22.4 Å². The topological polar surface area (TPSA) is 110 Å². The molecule has 0 saturated heterocycles. The van der Waals surface area contributed by atoms with E-state index >= 15 is 0 Å². The molecule has 17 heavy (non-hydrogen) atoms. The van der Waals surface area contributed by atoms with Gasteiger partial charge >= 0.3 is 0 Å². The van der Waals surface area contributed by atoms with Gasteiger partial charge in [0.05, 0.1) is 11.0 Å². The molecular formula is C11H15N5O. The zero-order chi connectivity index (χ0) is 12.4. The van der Waals surface area contributed by atoms with Gasteiger partial charge in [-0.05, 0) is 24.6 Å². The second kappa shape index (κ2) is 4.52. The third-order valence-electron chi connectivity index (χ3n) is 2.62.